The van der Waals surface area contributed by atoms with Gasteiger partial charge in [-0.15, -0.1) is 0 Å². The van der Waals surface area contributed by atoms with Gasteiger partial charge in [0.1, 0.15) is 5.75 Å². The van der Waals surface area contributed by atoms with Crippen molar-refractivity contribution in [3.8, 4) is 16.9 Å². The highest BCUT2D eigenvalue weighted by molar-refractivity contribution is 6.22. The standard InChI is InChI=1S/C27H26N2O3/c1-32-25-9-5-2-6-19(25)17-29-14-12-20(13-15-29)28-27(31)18-10-11-22-21-7-3-4-8-23(21)26(30)24(22)16-18/h2-11,16,20H,12-15,17H2,1H3,(H,28,31). The number of benzene rings is 3. The molecular formula is C27H26N2O3. The van der Waals surface area contributed by atoms with Crippen LogP contribution in [0.25, 0.3) is 11.1 Å². The molecule has 32 heavy (non-hydrogen) atoms. The summed E-state index contributed by atoms with van der Waals surface area (Å²) < 4.78 is 5.46. The predicted octanol–water partition coefficient (Wildman–Crippen LogP) is 4.30. The summed E-state index contributed by atoms with van der Waals surface area (Å²) in [5.74, 6) is 0.797. The van der Waals surface area contributed by atoms with Crippen LogP contribution in [0.1, 0.15) is 44.7 Å². The molecule has 1 fully saturated rings. The summed E-state index contributed by atoms with van der Waals surface area (Å²) in [6, 6.07) is 21.3. The van der Waals surface area contributed by atoms with E-state index in [0.29, 0.717) is 16.7 Å². The van der Waals surface area contributed by atoms with Gasteiger partial charge in [-0.25, -0.2) is 0 Å². The normalized spacial score (nSPS) is 15.8. The van der Waals surface area contributed by atoms with Gasteiger partial charge in [0, 0.05) is 47.9 Å². The van der Waals surface area contributed by atoms with Gasteiger partial charge in [0.25, 0.3) is 5.91 Å². The highest BCUT2D eigenvalue weighted by atomic mass is 16.5. The molecule has 1 saturated heterocycles. The second kappa shape index (κ2) is 8.60. The number of piperidine rings is 1. The topological polar surface area (TPSA) is 58.6 Å². The molecule has 1 amide bonds. The lowest BCUT2D eigenvalue weighted by molar-refractivity contribution is 0.0908. The van der Waals surface area contributed by atoms with E-state index in [2.05, 4.69) is 16.3 Å². The fourth-order valence-corrected chi connectivity index (χ4v) is 4.75. The number of likely N-dealkylation sites (tertiary alicyclic amines) is 1. The Kier molecular flexibility index (Phi) is 5.50. The number of methoxy groups -OCH3 is 1. The zero-order valence-electron chi connectivity index (χ0n) is 18.1. The number of para-hydroxylation sites is 1. The molecule has 0 spiro atoms. The molecule has 2 aliphatic rings. The summed E-state index contributed by atoms with van der Waals surface area (Å²) in [5, 5.41) is 3.17. The van der Waals surface area contributed by atoms with Gasteiger partial charge in [-0.3, -0.25) is 14.5 Å². The van der Waals surface area contributed by atoms with Gasteiger partial charge in [0.05, 0.1) is 7.11 Å². The number of amides is 1. The number of rotatable bonds is 5. The molecule has 162 valence electrons. The Morgan fingerprint density at radius 3 is 2.41 bits per heavy atom. The largest absolute Gasteiger partial charge is 0.496 e. The van der Waals surface area contributed by atoms with Gasteiger partial charge in [-0.1, -0.05) is 48.5 Å². The molecule has 0 unspecified atom stereocenters. The first kappa shape index (κ1) is 20.5. The summed E-state index contributed by atoms with van der Waals surface area (Å²) in [4.78, 5) is 28.0. The van der Waals surface area contributed by atoms with Crippen molar-refractivity contribution in [1.82, 2.24) is 10.2 Å². The number of carbonyl (C=O) groups is 2. The van der Waals surface area contributed by atoms with Crippen LogP contribution >= 0.6 is 0 Å². The fourth-order valence-electron chi connectivity index (χ4n) is 4.75. The predicted molar refractivity (Wildman–Crippen MR) is 124 cm³/mol. The number of fused-ring (bicyclic) bond motifs is 3. The third-order valence-electron chi connectivity index (χ3n) is 6.50. The van der Waals surface area contributed by atoms with Crippen molar-refractivity contribution in [3.63, 3.8) is 0 Å². The first-order chi connectivity index (χ1) is 15.6. The minimum atomic E-state index is -0.111. The molecule has 5 heteroatoms. The average Bonchev–Trinajstić information content (AvgIpc) is 3.12. The number of ether oxygens (including phenoxy) is 1. The molecule has 3 aromatic rings. The van der Waals surface area contributed by atoms with Crippen LogP contribution in [0.2, 0.25) is 0 Å². The summed E-state index contributed by atoms with van der Waals surface area (Å²) >= 11 is 0. The molecule has 5 rings (SSSR count). The van der Waals surface area contributed by atoms with E-state index in [1.165, 1.54) is 5.56 Å². The maximum atomic E-state index is 12.9. The van der Waals surface area contributed by atoms with Gasteiger partial charge in [-0.05, 0) is 42.2 Å². The molecule has 1 aliphatic heterocycles. The number of ketones is 1. The van der Waals surface area contributed by atoms with Crippen LogP contribution in [-0.2, 0) is 6.54 Å². The molecule has 0 saturated carbocycles. The lowest BCUT2D eigenvalue weighted by Crippen LogP contribution is -2.44. The van der Waals surface area contributed by atoms with Crippen molar-refractivity contribution in [3.05, 3.63) is 89.0 Å². The van der Waals surface area contributed by atoms with Crippen LogP contribution in [0, 0.1) is 0 Å². The Hall–Kier alpha value is -3.44. The molecule has 0 radical (unpaired) electrons. The number of hydrogen-bond donors (Lipinski definition) is 1. The van der Waals surface area contributed by atoms with E-state index in [1.54, 1.807) is 13.2 Å². The second-order valence-electron chi connectivity index (χ2n) is 8.47. The van der Waals surface area contributed by atoms with Crippen LogP contribution in [0.5, 0.6) is 5.75 Å². The van der Waals surface area contributed by atoms with Crippen molar-refractivity contribution in [2.75, 3.05) is 20.2 Å². The van der Waals surface area contributed by atoms with Gasteiger partial charge in [-0.2, -0.15) is 0 Å². The molecule has 5 nitrogen and oxygen atoms in total. The minimum Gasteiger partial charge on any atom is -0.496 e. The maximum Gasteiger partial charge on any atom is 0.251 e. The Morgan fingerprint density at radius 2 is 1.62 bits per heavy atom. The highest BCUT2D eigenvalue weighted by Gasteiger charge is 2.28. The number of carbonyl (C=O) groups excluding carboxylic acids is 2. The third kappa shape index (κ3) is 3.80. The van der Waals surface area contributed by atoms with Gasteiger partial charge in [0.15, 0.2) is 5.78 Å². The first-order valence-corrected chi connectivity index (χ1v) is 11.1. The Morgan fingerprint density at radius 1 is 0.938 bits per heavy atom. The van der Waals surface area contributed by atoms with E-state index in [4.69, 9.17) is 4.74 Å². The maximum absolute atomic E-state index is 12.9. The van der Waals surface area contributed by atoms with E-state index in [1.807, 2.05) is 54.6 Å². The average molecular weight is 427 g/mol. The fraction of sp³-hybridized carbons (Fsp3) is 0.259. The van der Waals surface area contributed by atoms with E-state index in [9.17, 15) is 9.59 Å². The lowest BCUT2D eigenvalue weighted by atomic mass is 10.0. The van der Waals surface area contributed by atoms with Crippen molar-refractivity contribution in [1.29, 1.82) is 0 Å². The number of hydrogen-bond acceptors (Lipinski definition) is 4. The smallest absolute Gasteiger partial charge is 0.251 e. The van der Waals surface area contributed by atoms with Crippen LogP contribution in [0.15, 0.2) is 66.7 Å². The Balaban J connectivity index is 1.20. The highest BCUT2D eigenvalue weighted by Crippen LogP contribution is 2.36. The molecule has 3 aromatic carbocycles. The monoisotopic (exact) mass is 426 g/mol. The Labute approximate surface area is 188 Å². The third-order valence-corrected chi connectivity index (χ3v) is 6.50. The molecular weight excluding hydrogens is 400 g/mol. The number of nitrogens with one attached hydrogen (secondary N) is 1. The zero-order chi connectivity index (χ0) is 22.1. The van der Waals surface area contributed by atoms with Crippen molar-refractivity contribution < 1.29 is 14.3 Å². The van der Waals surface area contributed by atoms with Crippen molar-refractivity contribution in [2.24, 2.45) is 0 Å². The van der Waals surface area contributed by atoms with Crippen LogP contribution in [0.4, 0.5) is 0 Å². The van der Waals surface area contributed by atoms with E-state index in [0.717, 1.165) is 49.4 Å². The Bertz CT molecular complexity index is 1180. The number of nitrogens with zero attached hydrogens (tertiary/aromatic N) is 1. The van der Waals surface area contributed by atoms with Crippen molar-refractivity contribution >= 4 is 11.7 Å². The summed E-state index contributed by atoms with van der Waals surface area (Å²) in [6.45, 7) is 2.68. The molecule has 1 N–H and O–H groups in total. The van der Waals surface area contributed by atoms with E-state index < -0.39 is 0 Å². The van der Waals surface area contributed by atoms with Gasteiger partial charge in [0.2, 0.25) is 0 Å². The van der Waals surface area contributed by atoms with Crippen LogP contribution < -0.4 is 10.1 Å². The molecule has 0 bridgehead atoms. The zero-order valence-corrected chi connectivity index (χ0v) is 18.1. The lowest BCUT2D eigenvalue weighted by Gasteiger charge is -2.32. The van der Waals surface area contributed by atoms with Gasteiger partial charge < -0.3 is 10.1 Å². The first-order valence-electron chi connectivity index (χ1n) is 11.1. The quantitative estimate of drug-likeness (QED) is 0.517. The molecule has 1 aliphatic carbocycles. The van der Waals surface area contributed by atoms with Gasteiger partial charge >= 0.3 is 0 Å². The van der Waals surface area contributed by atoms with Crippen LogP contribution in [0.3, 0.4) is 0 Å². The van der Waals surface area contributed by atoms with E-state index >= 15 is 0 Å². The van der Waals surface area contributed by atoms with Crippen LogP contribution in [-0.4, -0.2) is 42.8 Å². The SMILES string of the molecule is COc1ccccc1CN1CCC(NC(=O)c2ccc3c(c2)C(=O)c2ccccc2-3)CC1. The summed E-state index contributed by atoms with van der Waals surface area (Å²) in [6.07, 6.45) is 1.80. The second-order valence-corrected chi connectivity index (χ2v) is 8.47. The minimum absolute atomic E-state index is 0.00472. The molecule has 0 atom stereocenters. The summed E-state index contributed by atoms with van der Waals surface area (Å²) in [5.41, 5.74) is 4.91. The summed E-state index contributed by atoms with van der Waals surface area (Å²) in [7, 11) is 1.70. The molecule has 1 heterocycles. The van der Waals surface area contributed by atoms with Crippen molar-refractivity contribution in [2.45, 2.75) is 25.4 Å². The molecule has 0 aromatic heterocycles. The van der Waals surface area contributed by atoms with E-state index in [-0.39, 0.29) is 17.7 Å².